The van der Waals surface area contributed by atoms with Crippen molar-refractivity contribution in [2.75, 3.05) is 16.8 Å². The highest BCUT2D eigenvalue weighted by Crippen LogP contribution is 2.29. The lowest BCUT2D eigenvalue weighted by molar-refractivity contribution is 0.257. The number of pyridine rings is 1. The number of amides is 2. The molecule has 2 heterocycles. The van der Waals surface area contributed by atoms with Gasteiger partial charge in [-0.2, -0.15) is 10.4 Å². The molecule has 0 aliphatic carbocycles. The van der Waals surface area contributed by atoms with Crippen molar-refractivity contribution in [2.45, 2.75) is 6.42 Å². The molecule has 6 aromatic rings. The molecule has 4 aromatic carbocycles. The number of nitriles is 1. The van der Waals surface area contributed by atoms with E-state index in [9.17, 15) is 10.1 Å². The molecule has 0 unspecified atom stereocenters. The van der Waals surface area contributed by atoms with Crippen LogP contribution in [0.2, 0.25) is 5.02 Å². The van der Waals surface area contributed by atoms with Crippen LogP contribution in [0.1, 0.15) is 11.3 Å². The Kier molecular flexibility index (Phi) is 6.84. The van der Waals surface area contributed by atoms with E-state index in [0.29, 0.717) is 34.9 Å². The Balaban J connectivity index is 1.39. The largest absolute Gasteiger partial charge is 0.326 e. The third kappa shape index (κ3) is 5.08. The zero-order valence-corrected chi connectivity index (χ0v) is 22.1. The predicted molar refractivity (Wildman–Crippen MR) is 159 cm³/mol. The molecule has 0 saturated carbocycles. The summed E-state index contributed by atoms with van der Waals surface area (Å²) in [6.07, 6.45) is 2.44. The molecule has 0 radical (unpaired) electrons. The van der Waals surface area contributed by atoms with Gasteiger partial charge in [-0.3, -0.25) is 9.88 Å². The van der Waals surface area contributed by atoms with Crippen LogP contribution < -0.4 is 10.2 Å². The van der Waals surface area contributed by atoms with Crippen molar-refractivity contribution >= 4 is 50.8 Å². The average Bonchev–Trinajstić information content (AvgIpc) is 3.44. The molecule has 0 saturated heterocycles. The highest BCUT2D eigenvalue weighted by atomic mass is 35.5. The summed E-state index contributed by atoms with van der Waals surface area (Å²) in [6.45, 7) is 0.343. The summed E-state index contributed by atoms with van der Waals surface area (Å²) in [5.41, 5.74) is 5.19. The van der Waals surface area contributed by atoms with Crippen molar-refractivity contribution in [3.05, 3.63) is 126 Å². The molecule has 0 atom stereocenters. The fourth-order valence-corrected chi connectivity index (χ4v) is 4.85. The number of aromatic nitrogens is 3. The van der Waals surface area contributed by atoms with Crippen molar-refractivity contribution in [3.63, 3.8) is 0 Å². The Morgan fingerprint density at radius 2 is 1.65 bits per heavy atom. The maximum Gasteiger partial charge on any atom is 0.326 e. The first-order valence-electron chi connectivity index (χ1n) is 12.8. The Hall–Kier alpha value is -5.19. The van der Waals surface area contributed by atoms with E-state index in [1.54, 1.807) is 29.2 Å². The zero-order valence-electron chi connectivity index (χ0n) is 21.3. The second kappa shape index (κ2) is 10.9. The molecule has 40 heavy (non-hydrogen) atoms. The molecule has 0 aliphatic rings. The predicted octanol–water partition coefficient (Wildman–Crippen LogP) is 7.38. The fourth-order valence-electron chi connectivity index (χ4n) is 4.68. The van der Waals surface area contributed by atoms with Crippen LogP contribution >= 0.6 is 11.6 Å². The van der Waals surface area contributed by atoms with Gasteiger partial charge in [-0.15, -0.1) is 0 Å². The van der Waals surface area contributed by atoms with Crippen LogP contribution in [0.15, 0.2) is 109 Å². The summed E-state index contributed by atoms with van der Waals surface area (Å²) in [5.74, 6) is 0. The van der Waals surface area contributed by atoms with Gasteiger partial charge in [0.15, 0.2) is 0 Å². The van der Waals surface area contributed by atoms with E-state index in [1.165, 1.54) is 0 Å². The van der Waals surface area contributed by atoms with Crippen LogP contribution in [0.4, 0.5) is 16.2 Å². The highest BCUT2D eigenvalue weighted by Gasteiger charge is 2.19. The van der Waals surface area contributed by atoms with Crippen molar-refractivity contribution in [3.8, 4) is 11.8 Å². The molecule has 6 rings (SSSR count). The lowest BCUT2D eigenvalue weighted by Gasteiger charge is -2.23. The smallest absolute Gasteiger partial charge is 0.308 e. The number of halogens is 1. The third-order valence-corrected chi connectivity index (χ3v) is 6.90. The first-order chi connectivity index (χ1) is 19.6. The Morgan fingerprint density at radius 1 is 0.925 bits per heavy atom. The quantitative estimate of drug-likeness (QED) is 0.238. The summed E-state index contributed by atoms with van der Waals surface area (Å²) in [4.78, 5) is 20.1. The minimum atomic E-state index is -0.282. The van der Waals surface area contributed by atoms with Crippen molar-refractivity contribution < 1.29 is 4.79 Å². The molecule has 2 aromatic heterocycles. The number of carbonyl (C=O) groups excluding carboxylic acids is 1. The third-order valence-electron chi connectivity index (χ3n) is 6.67. The Bertz CT molecular complexity index is 1860. The van der Waals surface area contributed by atoms with E-state index in [2.05, 4.69) is 11.4 Å². The number of benzene rings is 4. The number of carbonyl (C=O) groups is 1. The summed E-state index contributed by atoms with van der Waals surface area (Å²) in [7, 11) is 0. The molecule has 7 nitrogen and oxygen atoms in total. The second-order valence-electron chi connectivity index (χ2n) is 9.25. The molecule has 0 aliphatic heterocycles. The first-order valence-corrected chi connectivity index (χ1v) is 13.1. The van der Waals surface area contributed by atoms with Gasteiger partial charge in [0.25, 0.3) is 0 Å². The molecule has 0 spiro atoms. The Morgan fingerprint density at radius 3 is 2.38 bits per heavy atom. The molecule has 1 N–H and O–H groups in total. The van der Waals surface area contributed by atoms with Gasteiger partial charge in [0.2, 0.25) is 0 Å². The summed E-state index contributed by atoms with van der Waals surface area (Å²) in [6, 6.07) is 33.6. The standard InChI is InChI=1S/C32H23ClN6O/c33-23-13-16-27-30(19-23)36-29(28-21-39(37-31(27)28)26-9-5-2-6-10-26)17-18-38(25-14-11-22(20-34)12-15-25)32(40)35-24-7-3-1-4-8-24/h1-16,19,21H,17-18H2,(H,35,40). The van der Waals surface area contributed by atoms with Crippen molar-refractivity contribution in [1.29, 1.82) is 5.26 Å². The van der Waals surface area contributed by atoms with Crippen LogP contribution in [0, 0.1) is 11.3 Å². The highest BCUT2D eigenvalue weighted by molar-refractivity contribution is 6.31. The molecule has 8 heteroatoms. The number of fused-ring (bicyclic) bond motifs is 3. The van der Waals surface area contributed by atoms with Gasteiger partial charge in [0.1, 0.15) is 5.52 Å². The monoisotopic (exact) mass is 542 g/mol. The molecule has 2 amide bonds. The Labute approximate surface area is 235 Å². The number of rotatable bonds is 6. The summed E-state index contributed by atoms with van der Waals surface area (Å²) in [5, 5.41) is 19.5. The minimum Gasteiger partial charge on any atom is -0.308 e. The lowest BCUT2D eigenvalue weighted by Crippen LogP contribution is -2.36. The number of para-hydroxylation sites is 2. The van der Waals surface area contributed by atoms with Crippen LogP contribution in [0.25, 0.3) is 27.5 Å². The van der Waals surface area contributed by atoms with Gasteiger partial charge in [-0.1, -0.05) is 48.0 Å². The van der Waals surface area contributed by atoms with E-state index in [4.69, 9.17) is 21.7 Å². The number of urea groups is 1. The maximum atomic E-state index is 13.5. The fraction of sp³-hybridized carbons (Fsp3) is 0.0625. The van der Waals surface area contributed by atoms with E-state index in [-0.39, 0.29) is 6.03 Å². The SMILES string of the molecule is N#Cc1ccc(N(CCc2nc3cc(Cl)ccc3c3nn(-c4ccccc4)cc23)C(=O)Nc2ccccc2)cc1. The number of nitrogens with zero attached hydrogens (tertiary/aromatic N) is 5. The van der Waals surface area contributed by atoms with Gasteiger partial charge < -0.3 is 5.32 Å². The van der Waals surface area contributed by atoms with Crippen molar-refractivity contribution in [2.24, 2.45) is 0 Å². The average molecular weight is 543 g/mol. The number of hydrogen-bond acceptors (Lipinski definition) is 4. The van der Waals surface area contributed by atoms with Gasteiger partial charge in [-0.25, -0.2) is 9.48 Å². The van der Waals surface area contributed by atoms with E-state index >= 15 is 0 Å². The van der Waals surface area contributed by atoms with Gasteiger partial charge in [-0.05, 0) is 66.7 Å². The molecule has 0 bridgehead atoms. The van der Waals surface area contributed by atoms with Crippen LogP contribution in [-0.2, 0) is 6.42 Å². The number of hydrogen-bond donors (Lipinski definition) is 1. The van der Waals surface area contributed by atoms with Crippen LogP contribution in [-0.4, -0.2) is 27.3 Å². The normalized spacial score (nSPS) is 10.9. The minimum absolute atomic E-state index is 0.282. The van der Waals surface area contributed by atoms with E-state index < -0.39 is 0 Å². The molecular formula is C32H23ClN6O. The first kappa shape index (κ1) is 25.1. The number of nitrogens with one attached hydrogen (secondary N) is 1. The zero-order chi connectivity index (χ0) is 27.5. The molecule has 194 valence electrons. The van der Waals surface area contributed by atoms with Crippen LogP contribution in [0.3, 0.4) is 0 Å². The summed E-state index contributed by atoms with van der Waals surface area (Å²) >= 11 is 6.32. The number of anilines is 2. The van der Waals surface area contributed by atoms with Gasteiger partial charge in [0.05, 0.1) is 28.5 Å². The topological polar surface area (TPSA) is 86.8 Å². The van der Waals surface area contributed by atoms with Crippen molar-refractivity contribution in [1.82, 2.24) is 14.8 Å². The van der Waals surface area contributed by atoms with Gasteiger partial charge >= 0.3 is 6.03 Å². The molecular weight excluding hydrogens is 520 g/mol. The molecule has 0 fully saturated rings. The second-order valence-corrected chi connectivity index (χ2v) is 9.68. The maximum absolute atomic E-state index is 13.5. The van der Waals surface area contributed by atoms with Gasteiger partial charge in [0, 0.05) is 46.3 Å². The van der Waals surface area contributed by atoms with Crippen LogP contribution in [0.5, 0.6) is 0 Å². The van der Waals surface area contributed by atoms with E-state index in [1.807, 2.05) is 89.7 Å². The summed E-state index contributed by atoms with van der Waals surface area (Å²) < 4.78 is 1.85. The lowest BCUT2D eigenvalue weighted by atomic mass is 10.1. The van der Waals surface area contributed by atoms with E-state index in [0.717, 1.165) is 33.2 Å².